The van der Waals surface area contributed by atoms with Crippen LogP contribution in [0.2, 0.25) is 0 Å². The molecule has 0 bridgehead atoms. The van der Waals surface area contributed by atoms with Crippen molar-refractivity contribution in [1.29, 1.82) is 0 Å². The van der Waals surface area contributed by atoms with E-state index in [1.807, 2.05) is 48.5 Å². The van der Waals surface area contributed by atoms with Gasteiger partial charge in [-0.05, 0) is 17.5 Å². The second-order valence-electron chi connectivity index (χ2n) is 6.99. The van der Waals surface area contributed by atoms with Crippen molar-refractivity contribution in [2.24, 2.45) is 0 Å². The van der Waals surface area contributed by atoms with E-state index < -0.39 is 16.0 Å². The molecule has 154 valence electrons. The number of hydrogen-bond acceptors (Lipinski definition) is 1. The van der Waals surface area contributed by atoms with Gasteiger partial charge in [-0.3, -0.25) is 4.79 Å². The maximum atomic E-state index is 14.2. The Kier molecular flexibility index (Phi) is 7.26. The van der Waals surface area contributed by atoms with Crippen LogP contribution in [-0.4, -0.2) is 16.9 Å². The molecule has 0 saturated heterocycles. The third-order valence-electron chi connectivity index (χ3n) is 4.98. The molecule has 31 heavy (non-hydrogen) atoms. The molecule has 0 radical (unpaired) electrons. The van der Waals surface area contributed by atoms with Gasteiger partial charge >= 0.3 is 0 Å². The Morgan fingerprint density at radius 2 is 0.903 bits per heavy atom. The van der Waals surface area contributed by atoms with E-state index in [-0.39, 0.29) is 5.65 Å². The number of nitrogens with zero attached hydrogens (tertiary/aromatic N) is 1. The quantitative estimate of drug-likeness (QED) is 0.342. The molecule has 1 amide bonds. The summed E-state index contributed by atoms with van der Waals surface area (Å²) in [5.41, 5.74) is 0.203. The molecular formula is C27H25NOP2. The Hall–Kier alpha value is -2.79. The predicted molar refractivity (Wildman–Crippen MR) is 136 cm³/mol. The lowest BCUT2D eigenvalue weighted by atomic mass is 10.4. The molecule has 0 aliphatic rings. The molecule has 2 nitrogen and oxygen atoms in total. The Morgan fingerprint density at radius 1 is 0.581 bits per heavy atom. The van der Waals surface area contributed by atoms with E-state index in [4.69, 9.17) is 0 Å². The van der Waals surface area contributed by atoms with Crippen molar-refractivity contribution in [3.63, 3.8) is 0 Å². The SMILES string of the molecule is CCN(C(=O)P(c1ccccc1)c1ccccc1)P(c1ccccc1)c1ccccc1. The summed E-state index contributed by atoms with van der Waals surface area (Å²) in [4.78, 5) is 14.2. The first-order valence-corrected chi connectivity index (χ1v) is 13.0. The summed E-state index contributed by atoms with van der Waals surface area (Å²) in [6, 6.07) is 41.3. The summed E-state index contributed by atoms with van der Waals surface area (Å²) < 4.78 is 2.10. The van der Waals surface area contributed by atoms with E-state index in [1.165, 1.54) is 10.6 Å². The molecule has 0 aromatic heterocycles. The fraction of sp³-hybridized carbons (Fsp3) is 0.0741. The van der Waals surface area contributed by atoms with Crippen molar-refractivity contribution in [1.82, 2.24) is 4.67 Å². The van der Waals surface area contributed by atoms with Gasteiger partial charge in [0, 0.05) is 17.2 Å². The minimum absolute atomic E-state index is 0.203. The highest BCUT2D eigenvalue weighted by Crippen LogP contribution is 2.46. The van der Waals surface area contributed by atoms with E-state index >= 15 is 0 Å². The second kappa shape index (κ2) is 10.5. The van der Waals surface area contributed by atoms with Gasteiger partial charge < -0.3 is 4.67 Å². The van der Waals surface area contributed by atoms with E-state index in [0.29, 0.717) is 6.54 Å². The lowest BCUT2D eigenvalue weighted by molar-refractivity contribution is 0.248. The summed E-state index contributed by atoms with van der Waals surface area (Å²) >= 11 is 0. The topological polar surface area (TPSA) is 20.3 Å². The van der Waals surface area contributed by atoms with Crippen LogP contribution in [-0.2, 0) is 0 Å². The number of amides is 1. The summed E-state index contributed by atoms with van der Waals surface area (Å²) in [6.07, 6.45) is 0. The summed E-state index contributed by atoms with van der Waals surface area (Å²) in [5, 5.41) is 4.55. The van der Waals surface area contributed by atoms with Crippen LogP contribution in [0.5, 0.6) is 0 Å². The smallest absolute Gasteiger partial charge is 0.256 e. The average Bonchev–Trinajstić information content (AvgIpc) is 2.85. The van der Waals surface area contributed by atoms with Gasteiger partial charge in [0.1, 0.15) is 0 Å². The van der Waals surface area contributed by atoms with E-state index in [1.54, 1.807) is 0 Å². The van der Waals surface area contributed by atoms with Crippen LogP contribution in [0.25, 0.3) is 0 Å². The van der Waals surface area contributed by atoms with Gasteiger partial charge in [-0.1, -0.05) is 121 Å². The normalized spacial score (nSPS) is 10.9. The molecular weight excluding hydrogens is 416 g/mol. The van der Waals surface area contributed by atoms with Crippen molar-refractivity contribution in [3.8, 4) is 0 Å². The lowest BCUT2D eigenvalue weighted by Gasteiger charge is -2.34. The van der Waals surface area contributed by atoms with Crippen LogP contribution in [0.3, 0.4) is 0 Å². The van der Waals surface area contributed by atoms with Gasteiger partial charge in [-0.25, -0.2) is 0 Å². The molecule has 0 aliphatic carbocycles. The van der Waals surface area contributed by atoms with Crippen LogP contribution >= 0.6 is 16.0 Å². The molecule has 4 aromatic carbocycles. The maximum Gasteiger partial charge on any atom is 0.256 e. The standard InChI is InChI=1S/C27H25NOP2/c1-2-28(31(25-19-11-5-12-20-25)26-21-13-6-14-22-26)27(29)30(23-15-7-3-8-16-23)24-17-9-4-10-18-24/h3-22H,2H2,1H3. The summed E-state index contributed by atoms with van der Waals surface area (Å²) in [5.74, 6) is 0. The largest absolute Gasteiger partial charge is 0.310 e. The van der Waals surface area contributed by atoms with Gasteiger partial charge in [-0.15, -0.1) is 0 Å². The minimum Gasteiger partial charge on any atom is -0.310 e. The number of benzene rings is 4. The number of rotatable bonds is 7. The fourth-order valence-corrected chi connectivity index (χ4v) is 8.38. The lowest BCUT2D eigenvalue weighted by Crippen LogP contribution is -2.35. The predicted octanol–water partition coefficient (Wildman–Crippen LogP) is 5.61. The monoisotopic (exact) mass is 441 g/mol. The molecule has 4 aromatic rings. The van der Waals surface area contributed by atoms with Crippen LogP contribution in [0, 0.1) is 0 Å². The zero-order chi connectivity index (χ0) is 21.5. The van der Waals surface area contributed by atoms with Crippen molar-refractivity contribution in [3.05, 3.63) is 121 Å². The van der Waals surface area contributed by atoms with Gasteiger partial charge in [0.25, 0.3) is 5.65 Å². The summed E-state index contributed by atoms with van der Waals surface area (Å²) in [7, 11) is -2.13. The first kappa shape index (κ1) is 21.4. The third-order valence-corrected chi connectivity index (χ3v) is 9.92. The van der Waals surface area contributed by atoms with Gasteiger partial charge in [0.05, 0.1) is 16.0 Å². The molecule has 0 unspecified atom stereocenters. The minimum atomic E-state index is -1.17. The Morgan fingerprint density at radius 3 is 1.23 bits per heavy atom. The second-order valence-corrected chi connectivity index (χ2v) is 11.2. The fourth-order valence-electron chi connectivity index (χ4n) is 3.57. The highest BCUT2D eigenvalue weighted by atomic mass is 31.1. The Balaban J connectivity index is 1.82. The maximum absolute atomic E-state index is 14.2. The van der Waals surface area contributed by atoms with Crippen molar-refractivity contribution in [2.45, 2.75) is 6.92 Å². The van der Waals surface area contributed by atoms with Gasteiger partial charge in [-0.2, -0.15) is 0 Å². The number of carbonyl (C=O) groups is 1. The summed E-state index contributed by atoms with van der Waals surface area (Å²) in [6.45, 7) is 2.75. The van der Waals surface area contributed by atoms with E-state index in [0.717, 1.165) is 10.6 Å². The van der Waals surface area contributed by atoms with Crippen molar-refractivity contribution in [2.75, 3.05) is 6.54 Å². The highest BCUT2D eigenvalue weighted by molar-refractivity contribution is 7.89. The van der Waals surface area contributed by atoms with Crippen molar-refractivity contribution >= 4 is 42.9 Å². The molecule has 0 N–H and O–H groups in total. The average molecular weight is 441 g/mol. The molecule has 0 aliphatic heterocycles. The highest BCUT2D eigenvalue weighted by Gasteiger charge is 2.32. The Bertz CT molecular complexity index is 1010. The molecule has 0 heterocycles. The molecule has 0 saturated carbocycles. The first-order chi connectivity index (χ1) is 15.3. The van der Waals surface area contributed by atoms with Gasteiger partial charge in [0.15, 0.2) is 0 Å². The number of carbonyl (C=O) groups excluding carboxylic acids is 1. The van der Waals surface area contributed by atoms with Crippen LogP contribution < -0.4 is 21.2 Å². The molecule has 0 spiro atoms. The zero-order valence-electron chi connectivity index (χ0n) is 17.5. The van der Waals surface area contributed by atoms with Crippen LogP contribution in [0.1, 0.15) is 6.92 Å². The first-order valence-electron chi connectivity index (χ1n) is 10.4. The molecule has 0 fully saturated rings. The van der Waals surface area contributed by atoms with Crippen LogP contribution in [0.4, 0.5) is 4.79 Å². The van der Waals surface area contributed by atoms with Gasteiger partial charge in [0.2, 0.25) is 0 Å². The van der Waals surface area contributed by atoms with E-state index in [9.17, 15) is 4.79 Å². The van der Waals surface area contributed by atoms with E-state index in [2.05, 4.69) is 84.4 Å². The zero-order valence-corrected chi connectivity index (χ0v) is 19.3. The third kappa shape index (κ3) is 4.93. The molecule has 4 heteroatoms. The molecule has 0 atom stereocenters. The van der Waals surface area contributed by atoms with Crippen molar-refractivity contribution < 1.29 is 4.79 Å². The molecule has 4 rings (SSSR count). The Labute approximate surface area is 187 Å². The van der Waals surface area contributed by atoms with Crippen LogP contribution in [0.15, 0.2) is 121 Å². The number of hydrogen-bond donors (Lipinski definition) is 0.